The number of benzene rings is 2. The molecule has 1 heterocycles. The molecule has 0 radical (unpaired) electrons. The van der Waals surface area contributed by atoms with E-state index in [1.54, 1.807) is 7.11 Å². The quantitative estimate of drug-likeness (QED) is 0.596. The average molecular weight is 372 g/mol. The lowest BCUT2D eigenvalue weighted by Crippen LogP contribution is -2.35. The molecule has 2 aromatic carbocycles. The smallest absolute Gasteiger partial charge is 0.348 e. The molecule has 0 aliphatic carbocycles. The summed E-state index contributed by atoms with van der Waals surface area (Å²) in [5.41, 5.74) is -0.988. The van der Waals surface area contributed by atoms with Crippen LogP contribution in [0.3, 0.4) is 0 Å². The maximum Gasteiger partial charge on any atom is 0.348 e. The summed E-state index contributed by atoms with van der Waals surface area (Å²) in [6, 6.07) is 16.8. The first-order valence-corrected chi connectivity index (χ1v) is 9.63. The van der Waals surface area contributed by atoms with Crippen molar-refractivity contribution in [3.05, 3.63) is 54.6 Å². The van der Waals surface area contributed by atoms with Crippen LogP contribution in [0.1, 0.15) is 13.8 Å². The van der Waals surface area contributed by atoms with Crippen LogP contribution in [-0.4, -0.2) is 31.5 Å². The van der Waals surface area contributed by atoms with Crippen molar-refractivity contribution in [2.45, 2.75) is 20.0 Å². The summed E-state index contributed by atoms with van der Waals surface area (Å²) in [7, 11) is 0.0603. The third-order valence-corrected chi connectivity index (χ3v) is 6.39. The van der Waals surface area contributed by atoms with Gasteiger partial charge in [-0.1, -0.05) is 56.3 Å². The number of para-hydroxylation sites is 1. The first kappa shape index (κ1) is 18.4. The molecule has 0 saturated carbocycles. The van der Waals surface area contributed by atoms with Crippen LogP contribution >= 0.6 is 7.92 Å². The molecule has 0 N–H and O–H groups in total. The number of methoxy groups -OCH3 is 1. The van der Waals surface area contributed by atoms with Crippen LogP contribution in [-0.2, 0) is 14.3 Å². The molecule has 5 nitrogen and oxygen atoms in total. The van der Waals surface area contributed by atoms with Crippen LogP contribution in [0, 0.1) is 5.41 Å². The Morgan fingerprint density at radius 1 is 1.12 bits per heavy atom. The maximum absolute atomic E-state index is 13.1. The summed E-state index contributed by atoms with van der Waals surface area (Å²) >= 11 is 0. The summed E-state index contributed by atoms with van der Waals surface area (Å²) in [5, 5.41) is 1.59. The first-order chi connectivity index (χ1) is 12.4. The predicted molar refractivity (Wildman–Crippen MR) is 101 cm³/mol. The van der Waals surface area contributed by atoms with Gasteiger partial charge >= 0.3 is 11.7 Å². The molecule has 3 rings (SSSR count). The van der Waals surface area contributed by atoms with Gasteiger partial charge in [-0.2, -0.15) is 0 Å². The van der Waals surface area contributed by atoms with Gasteiger partial charge < -0.3 is 14.2 Å². The molecule has 0 unspecified atom stereocenters. The fraction of sp³-hybridized carbons (Fsp3) is 0.300. The van der Waals surface area contributed by atoms with E-state index in [1.807, 2.05) is 68.4 Å². The molecule has 2 atom stereocenters. The van der Waals surface area contributed by atoms with Gasteiger partial charge in [0.15, 0.2) is 0 Å². The van der Waals surface area contributed by atoms with Gasteiger partial charge in [0.1, 0.15) is 12.4 Å². The van der Waals surface area contributed by atoms with E-state index in [-0.39, 0.29) is 6.61 Å². The lowest BCUT2D eigenvalue weighted by Gasteiger charge is -2.25. The summed E-state index contributed by atoms with van der Waals surface area (Å²) in [6.45, 7) is 3.94. The molecule has 136 valence electrons. The van der Waals surface area contributed by atoms with Crippen LogP contribution in [0.5, 0.6) is 5.75 Å². The molecule has 6 heteroatoms. The summed E-state index contributed by atoms with van der Waals surface area (Å²) in [6.07, 6.45) is -0.904. The zero-order chi connectivity index (χ0) is 18.7. The van der Waals surface area contributed by atoms with E-state index in [9.17, 15) is 9.59 Å². The minimum atomic E-state index is -1.51. The van der Waals surface area contributed by atoms with Crippen molar-refractivity contribution >= 4 is 30.2 Å². The number of esters is 1. The molecule has 0 aromatic heterocycles. The maximum atomic E-state index is 13.1. The number of hydrogen-bond acceptors (Lipinski definition) is 5. The van der Waals surface area contributed by atoms with Gasteiger partial charge in [0, 0.05) is 10.7 Å². The Kier molecular flexibility index (Phi) is 5.28. The van der Waals surface area contributed by atoms with Gasteiger partial charge in [-0.15, -0.1) is 0 Å². The van der Waals surface area contributed by atoms with Crippen molar-refractivity contribution in [3.8, 4) is 5.75 Å². The van der Waals surface area contributed by atoms with Gasteiger partial charge in [-0.05, 0) is 17.4 Å². The van der Waals surface area contributed by atoms with Gasteiger partial charge in [-0.25, -0.2) is 9.59 Å². The zero-order valence-corrected chi connectivity index (χ0v) is 15.9. The van der Waals surface area contributed by atoms with Crippen molar-refractivity contribution in [1.82, 2.24) is 0 Å². The molecule has 0 amide bonds. The highest BCUT2D eigenvalue weighted by Crippen LogP contribution is 2.42. The van der Waals surface area contributed by atoms with Crippen molar-refractivity contribution in [2.75, 3.05) is 13.7 Å². The second-order valence-electron chi connectivity index (χ2n) is 6.70. The SMILES string of the molecule is COc1ccccc1[P@@](C(=O)O[C@H]1C(=O)OCC1(C)C)c1ccccc1. The third-order valence-electron chi connectivity index (χ3n) is 4.25. The summed E-state index contributed by atoms with van der Waals surface area (Å²) in [5.74, 6) is 0.124. The van der Waals surface area contributed by atoms with Crippen LogP contribution < -0.4 is 15.3 Å². The fourth-order valence-electron chi connectivity index (χ4n) is 2.82. The van der Waals surface area contributed by atoms with E-state index in [0.29, 0.717) is 5.75 Å². The highest BCUT2D eigenvalue weighted by Gasteiger charge is 2.47. The third kappa shape index (κ3) is 3.58. The van der Waals surface area contributed by atoms with Crippen LogP contribution in [0.4, 0.5) is 4.79 Å². The van der Waals surface area contributed by atoms with Gasteiger partial charge in [0.2, 0.25) is 6.10 Å². The number of ether oxygens (including phenoxy) is 3. The Morgan fingerprint density at radius 3 is 2.38 bits per heavy atom. The minimum Gasteiger partial charge on any atom is -0.496 e. The van der Waals surface area contributed by atoms with Crippen molar-refractivity contribution in [2.24, 2.45) is 5.41 Å². The molecular formula is C20H21O5P. The lowest BCUT2D eigenvalue weighted by atomic mass is 9.90. The van der Waals surface area contributed by atoms with Crippen LogP contribution in [0.15, 0.2) is 54.6 Å². The monoisotopic (exact) mass is 372 g/mol. The van der Waals surface area contributed by atoms with Crippen molar-refractivity contribution < 1.29 is 23.8 Å². The molecule has 2 aromatic rings. The Labute approximate surface area is 154 Å². The molecule has 0 bridgehead atoms. The standard InChI is InChI=1S/C20H21O5P/c1-20(2)13-24-18(21)17(20)25-19(22)26(14-9-5-4-6-10-14)16-12-8-7-11-15(16)23-3/h4-12,17H,13H2,1-3H3/t17-,26-/m0/s1. The van der Waals surface area contributed by atoms with Crippen molar-refractivity contribution in [1.29, 1.82) is 0 Å². The summed E-state index contributed by atoms with van der Waals surface area (Å²) in [4.78, 5) is 25.2. The predicted octanol–water partition coefficient (Wildman–Crippen LogP) is 3.22. The summed E-state index contributed by atoms with van der Waals surface area (Å²) < 4.78 is 16.2. The van der Waals surface area contributed by atoms with Crippen LogP contribution in [0.25, 0.3) is 0 Å². The van der Waals surface area contributed by atoms with Gasteiger partial charge in [0.25, 0.3) is 0 Å². The molecule has 1 fully saturated rings. The molecule has 1 aliphatic rings. The molecular weight excluding hydrogens is 351 g/mol. The number of rotatable bonds is 5. The van der Waals surface area contributed by atoms with E-state index < -0.39 is 31.1 Å². The number of carbonyl (C=O) groups is 2. The first-order valence-electron chi connectivity index (χ1n) is 8.29. The number of cyclic esters (lactones) is 1. The Morgan fingerprint density at radius 2 is 1.77 bits per heavy atom. The van der Waals surface area contributed by atoms with Crippen LogP contribution in [0.2, 0.25) is 0 Å². The normalized spacial score (nSPS) is 19.5. The lowest BCUT2D eigenvalue weighted by molar-refractivity contribution is -0.144. The topological polar surface area (TPSA) is 61.8 Å². The second kappa shape index (κ2) is 7.46. The molecule has 1 saturated heterocycles. The van der Waals surface area contributed by atoms with E-state index in [2.05, 4.69) is 0 Å². The molecule has 26 heavy (non-hydrogen) atoms. The Bertz CT molecular complexity index is 803. The van der Waals surface area contributed by atoms with E-state index in [1.165, 1.54) is 0 Å². The average Bonchev–Trinajstić information content (AvgIpc) is 2.90. The van der Waals surface area contributed by atoms with E-state index >= 15 is 0 Å². The van der Waals surface area contributed by atoms with E-state index in [4.69, 9.17) is 14.2 Å². The fourth-order valence-corrected chi connectivity index (χ4v) is 4.81. The zero-order valence-electron chi connectivity index (χ0n) is 15.0. The number of carbonyl (C=O) groups excluding carboxylic acids is 2. The molecule has 0 spiro atoms. The largest absolute Gasteiger partial charge is 0.496 e. The highest BCUT2D eigenvalue weighted by atomic mass is 31.1. The Hall–Kier alpha value is -2.39. The van der Waals surface area contributed by atoms with Gasteiger partial charge in [-0.3, -0.25) is 0 Å². The molecule has 1 aliphatic heterocycles. The Balaban J connectivity index is 1.99. The van der Waals surface area contributed by atoms with E-state index in [0.717, 1.165) is 10.6 Å². The minimum absolute atomic E-state index is 0.238. The number of hydrogen-bond donors (Lipinski definition) is 0. The van der Waals surface area contributed by atoms with Crippen molar-refractivity contribution in [3.63, 3.8) is 0 Å². The van der Waals surface area contributed by atoms with Gasteiger partial charge in [0.05, 0.1) is 15.0 Å². The second-order valence-corrected chi connectivity index (χ2v) is 8.74. The highest BCUT2D eigenvalue weighted by molar-refractivity contribution is 7.87.